The van der Waals surface area contributed by atoms with Crippen LogP contribution in [-0.2, 0) is 7.05 Å². The molecule has 15 heavy (non-hydrogen) atoms. The summed E-state index contributed by atoms with van der Waals surface area (Å²) in [6.07, 6.45) is 4.06. The van der Waals surface area contributed by atoms with Gasteiger partial charge >= 0.3 is 0 Å². The van der Waals surface area contributed by atoms with Crippen LogP contribution in [0.4, 0.5) is 0 Å². The molecule has 1 heterocycles. The lowest BCUT2D eigenvalue weighted by atomic mass is 10.1. The zero-order chi connectivity index (χ0) is 11.0. The molecule has 2 aromatic rings. The minimum atomic E-state index is 0.927. The second-order valence-corrected chi connectivity index (χ2v) is 4.34. The zero-order valence-electron chi connectivity index (χ0n) is 9.37. The van der Waals surface area contributed by atoms with E-state index in [0.717, 1.165) is 21.5 Å². The van der Waals surface area contributed by atoms with Crippen molar-refractivity contribution in [3.63, 3.8) is 0 Å². The summed E-state index contributed by atoms with van der Waals surface area (Å²) in [7, 11) is 3.63. The minimum absolute atomic E-state index is 0.927. The van der Waals surface area contributed by atoms with Crippen LogP contribution in [0, 0.1) is 6.92 Å². The SMILES string of the molecule is COc1c(SC)cc(C)c2nn(C)cc12. The van der Waals surface area contributed by atoms with Gasteiger partial charge in [0.1, 0.15) is 5.75 Å². The van der Waals surface area contributed by atoms with Gasteiger partial charge < -0.3 is 4.74 Å². The fourth-order valence-electron chi connectivity index (χ4n) is 1.77. The fourth-order valence-corrected chi connectivity index (χ4v) is 2.44. The van der Waals surface area contributed by atoms with E-state index >= 15 is 0 Å². The summed E-state index contributed by atoms with van der Waals surface area (Å²) >= 11 is 1.70. The maximum absolute atomic E-state index is 5.44. The number of methoxy groups -OCH3 is 1. The van der Waals surface area contributed by atoms with E-state index in [4.69, 9.17) is 4.74 Å². The molecule has 80 valence electrons. The first-order chi connectivity index (χ1) is 7.17. The quantitative estimate of drug-likeness (QED) is 0.731. The summed E-state index contributed by atoms with van der Waals surface area (Å²) in [5, 5.41) is 5.51. The van der Waals surface area contributed by atoms with Crippen molar-refractivity contribution in [3.05, 3.63) is 17.8 Å². The normalized spacial score (nSPS) is 10.9. The van der Waals surface area contributed by atoms with Crippen LogP contribution in [0.2, 0.25) is 0 Å². The maximum atomic E-state index is 5.44. The lowest BCUT2D eigenvalue weighted by Crippen LogP contribution is -1.89. The van der Waals surface area contributed by atoms with Gasteiger partial charge in [-0.1, -0.05) is 0 Å². The van der Waals surface area contributed by atoms with Crippen molar-refractivity contribution in [2.24, 2.45) is 7.05 Å². The number of hydrogen-bond donors (Lipinski definition) is 0. The molecule has 1 aromatic heterocycles. The highest BCUT2D eigenvalue weighted by atomic mass is 32.2. The predicted octanol–water partition coefficient (Wildman–Crippen LogP) is 2.61. The molecule has 0 aliphatic rings. The Bertz CT molecular complexity index is 505. The van der Waals surface area contributed by atoms with E-state index in [1.807, 2.05) is 17.9 Å². The highest BCUT2D eigenvalue weighted by molar-refractivity contribution is 7.98. The van der Waals surface area contributed by atoms with Crippen LogP contribution in [0.15, 0.2) is 17.2 Å². The molecule has 1 aromatic carbocycles. The number of hydrogen-bond acceptors (Lipinski definition) is 3. The Morgan fingerprint density at radius 2 is 2.20 bits per heavy atom. The van der Waals surface area contributed by atoms with E-state index in [9.17, 15) is 0 Å². The second kappa shape index (κ2) is 3.77. The lowest BCUT2D eigenvalue weighted by molar-refractivity contribution is 0.410. The Morgan fingerprint density at radius 1 is 1.47 bits per heavy atom. The van der Waals surface area contributed by atoms with E-state index in [0.29, 0.717) is 0 Å². The third-order valence-electron chi connectivity index (χ3n) is 2.44. The number of nitrogens with zero attached hydrogens (tertiary/aromatic N) is 2. The molecule has 0 aliphatic carbocycles. The van der Waals surface area contributed by atoms with Gasteiger partial charge in [0, 0.05) is 13.2 Å². The number of benzene rings is 1. The molecule has 0 aliphatic heterocycles. The number of ether oxygens (including phenoxy) is 1. The van der Waals surface area contributed by atoms with Crippen LogP contribution in [0.3, 0.4) is 0 Å². The van der Waals surface area contributed by atoms with Crippen LogP contribution >= 0.6 is 11.8 Å². The molecule has 0 saturated carbocycles. The first-order valence-electron chi connectivity index (χ1n) is 4.72. The summed E-state index contributed by atoms with van der Waals surface area (Å²) in [6.45, 7) is 2.08. The van der Waals surface area contributed by atoms with Gasteiger partial charge in [-0.15, -0.1) is 11.8 Å². The van der Waals surface area contributed by atoms with Crippen molar-refractivity contribution in [1.82, 2.24) is 9.78 Å². The van der Waals surface area contributed by atoms with Crippen LogP contribution in [0.1, 0.15) is 5.56 Å². The molecule has 0 bridgehead atoms. The summed E-state index contributed by atoms with van der Waals surface area (Å²) in [5.74, 6) is 0.927. The number of thioether (sulfide) groups is 1. The molecule has 0 saturated heterocycles. The number of aryl methyl sites for hydroxylation is 2. The van der Waals surface area contributed by atoms with Crippen molar-refractivity contribution >= 4 is 22.7 Å². The Balaban J connectivity index is 2.84. The third-order valence-corrected chi connectivity index (χ3v) is 3.19. The van der Waals surface area contributed by atoms with Crippen LogP contribution in [-0.4, -0.2) is 23.1 Å². The molecule has 0 amide bonds. The van der Waals surface area contributed by atoms with Gasteiger partial charge in [0.05, 0.1) is 22.9 Å². The van der Waals surface area contributed by atoms with Crippen molar-refractivity contribution in [2.75, 3.05) is 13.4 Å². The van der Waals surface area contributed by atoms with E-state index in [-0.39, 0.29) is 0 Å². The molecule has 0 radical (unpaired) electrons. The highest BCUT2D eigenvalue weighted by Gasteiger charge is 2.12. The highest BCUT2D eigenvalue weighted by Crippen LogP contribution is 2.36. The Kier molecular flexibility index (Phi) is 2.61. The Labute approximate surface area is 93.4 Å². The van der Waals surface area contributed by atoms with Gasteiger partial charge in [-0.25, -0.2) is 0 Å². The van der Waals surface area contributed by atoms with Gasteiger partial charge in [-0.2, -0.15) is 5.10 Å². The van der Waals surface area contributed by atoms with Crippen LogP contribution in [0.5, 0.6) is 5.75 Å². The number of aromatic nitrogens is 2. The summed E-state index contributed by atoms with van der Waals surface area (Å²) in [5.41, 5.74) is 2.21. The van der Waals surface area contributed by atoms with Crippen LogP contribution < -0.4 is 4.74 Å². The average molecular weight is 222 g/mol. The number of fused-ring (bicyclic) bond motifs is 1. The first-order valence-corrected chi connectivity index (χ1v) is 5.94. The zero-order valence-corrected chi connectivity index (χ0v) is 10.2. The van der Waals surface area contributed by atoms with Gasteiger partial charge in [0.2, 0.25) is 0 Å². The Morgan fingerprint density at radius 3 is 2.80 bits per heavy atom. The molecule has 0 fully saturated rings. The molecular weight excluding hydrogens is 208 g/mol. The van der Waals surface area contributed by atoms with E-state index < -0.39 is 0 Å². The molecule has 3 nitrogen and oxygen atoms in total. The molecular formula is C11H14N2OS. The Hall–Kier alpha value is -1.16. The van der Waals surface area contributed by atoms with E-state index in [1.54, 1.807) is 18.9 Å². The van der Waals surface area contributed by atoms with Gasteiger partial charge in [0.25, 0.3) is 0 Å². The second-order valence-electron chi connectivity index (χ2n) is 3.49. The van der Waals surface area contributed by atoms with Gasteiger partial charge in [0.15, 0.2) is 0 Å². The first kappa shape index (κ1) is 10.4. The molecule has 4 heteroatoms. The monoisotopic (exact) mass is 222 g/mol. The summed E-state index contributed by atoms with van der Waals surface area (Å²) in [4.78, 5) is 1.16. The summed E-state index contributed by atoms with van der Waals surface area (Å²) < 4.78 is 7.27. The van der Waals surface area contributed by atoms with Gasteiger partial charge in [-0.05, 0) is 24.8 Å². The molecule has 0 spiro atoms. The van der Waals surface area contributed by atoms with Crippen molar-refractivity contribution < 1.29 is 4.74 Å². The van der Waals surface area contributed by atoms with E-state index in [1.165, 1.54) is 5.56 Å². The van der Waals surface area contributed by atoms with Gasteiger partial charge in [-0.3, -0.25) is 4.68 Å². The third kappa shape index (κ3) is 1.59. The summed E-state index contributed by atoms with van der Waals surface area (Å²) in [6, 6.07) is 2.12. The molecule has 2 rings (SSSR count). The predicted molar refractivity (Wildman–Crippen MR) is 63.8 cm³/mol. The maximum Gasteiger partial charge on any atom is 0.143 e. The minimum Gasteiger partial charge on any atom is -0.495 e. The number of rotatable bonds is 2. The van der Waals surface area contributed by atoms with Crippen LogP contribution in [0.25, 0.3) is 10.9 Å². The van der Waals surface area contributed by atoms with Crippen molar-refractivity contribution in [3.8, 4) is 5.75 Å². The topological polar surface area (TPSA) is 27.1 Å². The lowest BCUT2D eigenvalue weighted by Gasteiger charge is -2.08. The largest absolute Gasteiger partial charge is 0.495 e. The molecule has 0 atom stereocenters. The molecule has 0 unspecified atom stereocenters. The smallest absolute Gasteiger partial charge is 0.143 e. The average Bonchev–Trinajstić information content (AvgIpc) is 2.60. The fraction of sp³-hybridized carbons (Fsp3) is 0.364. The van der Waals surface area contributed by atoms with Crippen molar-refractivity contribution in [2.45, 2.75) is 11.8 Å². The molecule has 0 N–H and O–H groups in total. The standard InChI is InChI=1S/C11H14N2OS/c1-7-5-9(15-4)11(14-3)8-6-13(2)12-10(7)8/h5-6H,1-4H3. The van der Waals surface area contributed by atoms with E-state index in [2.05, 4.69) is 24.3 Å². The van der Waals surface area contributed by atoms with Crippen molar-refractivity contribution in [1.29, 1.82) is 0 Å².